The summed E-state index contributed by atoms with van der Waals surface area (Å²) in [5, 5.41) is 12.7. The minimum atomic E-state index is -3.85. The number of rotatable bonds is 2. The van der Waals surface area contributed by atoms with Crippen molar-refractivity contribution in [1.29, 1.82) is 0 Å². The van der Waals surface area contributed by atoms with Gasteiger partial charge in [0.15, 0.2) is 10.5 Å². The maximum absolute atomic E-state index is 12.5. The highest BCUT2D eigenvalue weighted by molar-refractivity contribution is 7.90. The second kappa shape index (κ2) is 5.93. The first kappa shape index (κ1) is 16.7. The lowest BCUT2D eigenvalue weighted by Crippen LogP contribution is -2.43. The second-order valence-electron chi connectivity index (χ2n) is 6.91. The van der Waals surface area contributed by atoms with Crippen LogP contribution >= 0.6 is 0 Å². The van der Waals surface area contributed by atoms with E-state index in [0.717, 1.165) is 0 Å². The minimum Gasteiger partial charge on any atom is -0.464 e. The average Bonchev–Trinajstić information content (AvgIpc) is 2.64. The van der Waals surface area contributed by atoms with Crippen LogP contribution in [0.1, 0.15) is 31.2 Å². The number of nitrogens with zero attached hydrogens (tertiary/aromatic N) is 2. The quantitative estimate of drug-likeness (QED) is 0.803. The fraction of sp³-hybridized carbons (Fsp3) is 0.625. The Bertz CT molecular complexity index is 811. The van der Waals surface area contributed by atoms with E-state index in [2.05, 4.69) is 14.7 Å². The smallest absolute Gasteiger partial charge is 0.287 e. The summed E-state index contributed by atoms with van der Waals surface area (Å²) in [4.78, 5) is 4.44. The fourth-order valence-corrected chi connectivity index (χ4v) is 4.34. The number of aryl methyl sites for hydroxylation is 1. The van der Waals surface area contributed by atoms with E-state index in [-0.39, 0.29) is 22.9 Å². The zero-order valence-electron chi connectivity index (χ0n) is 13.9. The van der Waals surface area contributed by atoms with E-state index in [0.29, 0.717) is 50.3 Å². The Hall–Kier alpha value is -1.71. The number of hydrogen-bond acceptors (Lipinski definition) is 7. The number of aromatic nitrogens is 1. The molecule has 0 atom stereocenters. The van der Waals surface area contributed by atoms with Crippen molar-refractivity contribution in [2.45, 2.75) is 55.2 Å². The normalized spacial score (nSPS) is 29.2. The lowest BCUT2D eigenvalue weighted by Gasteiger charge is -2.34. The van der Waals surface area contributed by atoms with Gasteiger partial charge >= 0.3 is 0 Å². The monoisotopic (exact) mass is 367 g/mol. The average molecular weight is 367 g/mol. The summed E-state index contributed by atoms with van der Waals surface area (Å²) in [5.41, 5.74) is -0.103. The van der Waals surface area contributed by atoms with Crippen molar-refractivity contribution in [2.24, 2.45) is 4.40 Å². The van der Waals surface area contributed by atoms with Gasteiger partial charge in [0.05, 0.1) is 25.5 Å². The topological polar surface area (TPSA) is 110 Å². The summed E-state index contributed by atoms with van der Waals surface area (Å²) in [7, 11) is -3.85. The Morgan fingerprint density at radius 3 is 2.72 bits per heavy atom. The van der Waals surface area contributed by atoms with Gasteiger partial charge in [-0.1, -0.05) is 0 Å². The lowest BCUT2D eigenvalue weighted by molar-refractivity contribution is -0.00577. The van der Waals surface area contributed by atoms with Gasteiger partial charge in [-0.2, -0.15) is 17.8 Å². The molecule has 2 fully saturated rings. The molecule has 8 nitrogen and oxygen atoms in total. The molecule has 0 bridgehead atoms. The van der Waals surface area contributed by atoms with E-state index < -0.39 is 15.6 Å². The van der Waals surface area contributed by atoms with Crippen LogP contribution in [0.2, 0.25) is 0 Å². The van der Waals surface area contributed by atoms with Crippen LogP contribution in [0.4, 0.5) is 5.82 Å². The van der Waals surface area contributed by atoms with Gasteiger partial charge in [0.1, 0.15) is 5.82 Å². The fourth-order valence-electron chi connectivity index (χ4n) is 3.26. The number of aliphatic hydroxyl groups excluding tert-OH is 1. The SMILES string of the molecule is Cc1cc2c(nc1NC1CC(O)C1)OC1(C=NS2(=O)=O)CCOCC1. The Kier molecular flexibility index (Phi) is 3.97. The van der Waals surface area contributed by atoms with E-state index in [9.17, 15) is 13.5 Å². The number of ether oxygens (including phenoxy) is 2. The van der Waals surface area contributed by atoms with Crippen molar-refractivity contribution in [3.8, 4) is 5.88 Å². The number of hydrogen-bond donors (Lipinski definition) is 2. The van der Waals surface area contributed by atoms with Crippen molar-refractivity contribution in [2.75, 3.05) is 18.5 Å². The van der Waals surface area contributed by atoms with Gasteiger partial charge in [0.25, 0.3) is 10.0 Å². The van der Waals surface area contributed by atoms with Gasteiger partial charge in [0.2, 0.25) is 5.88 Å². The van der Waals surface area contributed by atoms with E-state index in [1.165, 1.54) is 6.21 Å². The van der Waals surface area contributed by atoms with E-state index in [4.69, 9.17) is 9.47 Å². The summed E-state index contributed by atoms with van der Waals surface area (Å²) < 4.78 is 40.3. The number of pyridine rings is 1. The molecule has 1 saturated heterocycles. The van der Waals surface area contributed by atoms with Crippen LogP contribution in [0, 0.1) is 6.92 Å². The van der Waals surface area contributed by atoms with Gasteiger partial charge in [-0.05, 0) is 31.4 Å². The predicted octanol–water partition coefficient (Wildman–Crippen LogP) is 1.03. The highest BCUT2D eigenvalue weighted by Crippen LogP contribution is 2.36. The van der Waals surface area contributed by atoms with Gasteiger partial charge in [0, 0.05) is 18.9 Å². The largest absolute Gasteiger partial charge is 0.464 e. The molecule has 0 unspecified atom stereocenters. The summed E-state index contributed by atoms with van der Waals surface area (Å²) in [6.07, 6.45) is 3.46. The highest BCUT2D eigenvalue weighted by Gasteiger charge is 2.39. The maximum atomic E-state index is 12.5. The molecule has 3 aliphatic rings. The first-order valence-corrected chi connectivity index (χ1v) is 9.85. The Labute approximate surface area is 146 Å². The molecule has 0 amide bonds. The molecule has 2 N–H and O–H groups in total. The molecule has 4 rings (SSSR count). The maximum Gasteiger partial charge on any atom is 0.287 e. The van der Waals surface area contributed by atoms with Crippen LogP contribution < -0.4 is 10.1 Å². The van der Waals surface area contributed by atoms with Crippen LogP contribution in [0.25, 0.3) is 0 Å². The Balaban J connectivity index is 1.71. The molecule has 9 heteroatoms. The third-order valence-corrected chi connectivity index (χ3v) is 6.17. The third-order valence-electron chi connectivity index (χ3n) is 4.94. The van der Waals surface area contributed by atoms with Crippen molar-refractivity contribution in [1.82, 2.24) is 4.98 Å². The standard InChI is InChI=1S/C16H21N3O5S/c1-10-6-13-15(19-14(10)18-11-7-12(20)8-11)24-16(2-4-23-5-3-16)9-17-25(13,21)22/h6,9,11-12,20H,2-5,7-8H2,1H3,(H,18,19). The molecule has 0 aromatic carbocycles. The Morgan fingerprint density at radius 1 is 1.32 bits per heavy atom. The molecule has 1 saturated carbocycles. The summed E-state index contributed by atoms with van der Waals surface area (Å²) in [6, 6.07) is 1.68. The number of nitrogens with one attached hydrogen (secondary N) is 1. The number of sulfonamides is 1. The van der Waals surface area contributed by atoms with Crippen molar-refractivity contribution in [3.05, 3.63) is 11.6 Å². The first-order valence-electron chi connectivity index (χ1n) is 8.41. The van der Waals surface area contributed by atoms with Gasteiger partial charge in [-0.25, -0.2) is 0 Å². The van der Waals surface area contributed by atoms with Crippen LogP contribution in [0.15, 0.2) is 15.4 Å². The van der Waals surface area contributed by atoms with Crippen molar-refractivity contribution >= 4 is 22.1 Å². The van der Waals surface area contributed by atoms with Crippen LogP contribution in [-0.2, 0) is 14.8 Å². The molecule has 1 spiro atoms. The summed E-state index contributed by atoms with van der Waals surface area (Å²) in [6.45, 7) is 2.76. The van der Waals surface area contributed by atoms with Gasteiger partial charge < -0.3 is 19.9 Å². The molecule has 3 heterocycles. The molecular weight excluding hydrogens is 346 g/mol. The van der Waals surface area contributed by atoms with Crippen LogP contribution in [0.5, 0.6) is 5.88 Å². The molecule has 1 aromatic rings. The van der Waals surface area contributed by atoms with Crippen LogP contribution in [-0.4, -0.2) is 55.7 Å². The molecule has 1 aromatic heterocycles. The number of anilines is 1. The summed E-state index contributed by atoms with van der Waals surface area (Å²) >= 11 is 0. The third kappa shape index (κ3) is 3.11. The van der Waals surface area contributed by atoms with Gasteiger partial charge in [-0.3, -0.25) is 0 Å². The second-order valence-corrected chi connectivity index (χ2v) is 8.51. The molecule has 1 aliphatic carbocycles. The van der Waals surface area contributed by atoms with Crippen LogP contribution in [0.3, 0.4) is 0 Å². The minimum absolute atomic E-state index is 0.0104. The van der Waals surface area contributed by atoms with E-state index in [1.807, 2.05) is 0 Å². The Morgan fingerprint density at radius 2 is 2.04 bits per heavy atom. The number of fused-ring (bicyclic) bond motifs is 1. The first-order chi connectivity index (χ1) is 11.9. The van der Waals surface area contributed by atoms with E-state index >= 15 is 0 Å². The van der Waals surface area contributed by atoms with Crippen molar-refractivity contribution in [3.63, 3.8) is 0 Å². The summed E-state index contributed by atoms with van der Waals surface area (Å²) in [5.74, 6) is 0.655. The van der Waals surface area contributed by atoms with Crippen molar-refractivity contribution < 1.29 is 23.0 Å². The predicted molar refractivity (Wildman–Crippen MR) is 90.7 cm³/mol. The zero-order valence-corrected chi connectivity index (χ0v) is 14.8. The molecule has 2 aliphatic heterocycles. The molecule has 136 valence electrons. The van der Waals surface area contributed by atoms with E-state index in [1.54, 1.807) is 13.0 Å². The molecule has 25 heavy (non-hydrogen) atoms. The lowest BCUT2D eigenvalue weighted by atomic mass is 9.89. The zero-order chi connectivity index (χ0) is 17.7. The molecular formula is C16H21N3O5S. The van der Waals surface area contributed by atoms with Gasteiger partial charge in [-0.15, -0.1) is 0 Å². The molecule has 0 radical (unpaired) electrons. The number of aliphatic hydroxyl groups is 1. The highest BCUT2D eigenvalue weighted by atomic mass is 32.2.